The van der Waals surface area contributed by atoms with E-state index in [-0.39, 0.29) is 6.03 Å². The minimum Gasteiger partial charge on any atom is -0.491 e. The third-order valence-corrected chi connectivity index (χ3v) is 3.04. The van der Waals surface area contributed by atoms with E-state index in [4.69, 9.17) is 4.74 Å². The SMILES string of the molecule is CCCCCNC(=O)NCCOc1ccc(C)cc1C. The molecule has 2 N–H and O–H groups in total. The summed E-state index contributed by atoms with van der Waals surface area (Å²) in [6.07, 6.45) is 3.34. The van der Waals surface area contributed by atoms with E-state index in [0.717, 1.165) is 37.1 Å². The number of nitrogens with one attached hydrogen (secondary N) is 2. The molecule has 4 nitrogen and oxygen atoms in total. The van der Waals surface area contributed by atoms with Crippen molar-refractivity contribution in [3.63, 3.8) is 0 Å². The standard InChI is InChI=1S/C16H26N2O2/c1-4-5-6-9-17-16(19)18-10-11-20-15-8-7-13(2)12-14(15)3/h7-8,12H,4-6,9-11H2,1-3H3,(H2,17,18,19). The van der Waals surface area contributed by atoms with Crippen molar-refractivity contribution in [3.05, 3.63) is 29.3 Å². The van der Waals surface area contributed by atoms with Crippen LogP contribution < -0.4 is 15.4 Å². The van der Waals surface area contributed by atoms with Gasteiger partial charge in [-0.15, -0.1) is 0 Å². The minimum absolute atomic E-state index is 0.120. The number of hydrogen-bond donors (Lipinski definition) is 2. The van der Waals surface area contributed by atoms with E-state index in [1.54, 1.807) is 0 Å². The molecule has 0 radical (unpaired) electrons. The van der Waals surface area contributed by atoms with Crippen molar-refractivity contribution in [1.82, 2.24) is 10.6 Å². The van der Waals surface area contributed by atoms with Crippen molar-refractivity contribution in [3.8, 4) is 5.75 Å². The van der Waals surface area contributed by atoms with E-state index < -0.39 is 0 Å². The second-order valence-electron chi connectivity index (χ2n) is 5.01. The molecule has 112 valence electrons. The molecule has 0 fully saturated rings. The van der Waals surface area contributed by atoms with Gasteiger partial charge in [-0.05, 0) is 31.9 Å². The molecule has 1 aromatic rings. The van der Waals surface area contributed by atoms with E-state index in [9.17, 15) is 4.79 Å². The number of rotatable bonds is 8. The first-order valence-corrected chi connectivity index (χ1v) is 7.35. The highest BCUT2D eigenvalue weighted by molar-refractivity contribution is 5.73. The van der Waals surface area contributed by atoms with Crippen LogP contribution in [0.1, 0.15) is 37.3 Å². The molecule has 0 saturated carbocycles. The molecule has 0 unspecified atom stereocenters. The number of amides is 2. The van der Waals surface area contributed by atoms with E-state index in [2.05, 4.69) is 30.5 Å². The fourth-order valence-electron chi connectivity index (χ4n) is 1.93. The maximum Gasteiger partial charge on any atom is 0.314 e. The largest absolute Gasteiger partial charge is 0.491 e. The van der Waals surface area contributed by atoms with Crippen LogP contribution in [-0.2, 0) is 0 Å². The predicted octanol–water partition coefficient (Wildman–Crippen LogP) is 3.17. The van der Waals surface area contributed by atoms with Gasteiger partial charge < -0.3 is 15.4 Å². The van der Waals surface area contributed by atoms with Crippen LogP contribution in [0.2, 0.25) is 0 Å². The monoisotopic (exact) mass is 278 g/mol. The Bertz CT molecular complexity index is 419. The maximum atomic E-state index is 11.5. The van der Waals surface area contributed by atoms with Crippen LogP contribution in [0.5, 0.6) is 5.75 Å². The lowest BCUT2D eigenvalue weighted by molar-refractivity contribution is 0.236. The zero-order chi connectivity index (χ0) is 14.8. The first kappa shape index (κ1) is 16.3. The lowest BCUT2D eigenvalue weighted by atomic mass is 10.1. The van der Waals surface area contributed by atoms with E-state index in [1.165, 1.54) is 5.56 Å². The van der Waals surface area contributed by atoms with Gasteiger partial charge in [-0.3, -0.25) is 0 Å². The number of unbranched alkanes of at least 4 members (excludes halogenated alkanes) is 2. The summed E-state index contributed by atoms with van der Waals surface area (Å²) in [5.74, 6) is 0.876. The second-order valence-corrected chi connectivity index (χ2v) is 5.01. The van der Waals surface area contributed by atoms with Crippen molar-refractivity contribution < 1.29 is 9.53 Å². The average molecular weight is 278 g/mol. The van der Waals surface area contributed by atoms with E-state index in [1.807, 2.05) is 19.1 Å². The number of carbonyl (C=O) groups is 1. The average Bonchev–Trinajstić information content (AvgIpc) is 2.41. The molecule has 0 saturated heterocycles. The minimum atomic E-state index is -0.120. The summed E-state index contributed by atoms with van der Waals surface area (Å²) >= 11 is 0. The van der Waals surface area contributed by atoms with Crippen LogP contribution in [0.15, 0.2) is 18.2 Å². The van der Waals surface area contributed by atoms with Gasteiger partial charge in [-0.2, -0.15) is 0 Å². The highest BCUT2D eigenvalue weighted by Gasteiger charge is 2.01. The number of urea groups is 1. The third-order valence-electron chi connectivity index (χ3n) is 3.04. The Labute approximate surface area is 121 Å². The number of aryl methyl sites for hydroxylation is 2. The van der Waals surface area contributed by atoms with Crippen LogP contribution in [0.3, 0.4) is 0 Å². The van der Waals surface area contributed by atoms with Gasteiger partial charge in [0.25, 0.3) is 0 Å². The lowest BCUT2D eigenvalue weighted by Crippen LogP contribution is -2.38. The summed E-state index contributed by atoms with van der Waals surface area (Å²) in [7, 11) is 0. The van der Waals surface area contributed by atoms with Crippen LogP contribution in [0.25, 0.3) is 0 Å². The molecule has 0 aliphatic heterocycles. The molecule has 0 heterocycles. The zero-order valence-corrected chi connectivity index (χ0v) is 12.8. The van der Waals surface area contributed by atoms with Gasteiger partial charge in [0.2, 0.25) is 0 Å². The first-order valence-electron chi connectivity index (χ1n) is 7.35. The van der Waals surface area contributed by atoms with Crippen molar-refractivity contribution in [2.75, 3.05) is 19.7 Å². The Hall–Kier alpha value is -1.71. The fraction of sp³-hybridized carbons (Fsp3) is 0.562. The van der Waals surface area contributed by atoms with Crippen LogP contribution >= 0.6 is 0 Å². The Morgan fingerprint density at radius 2 is 1.90 bits per heavy atom. The van der Waals surface area contributed by atoms with E-state index >= 15 is 0 Å². The highest BCUT2D eigenvalue weighted by atomic mass is 16.5. The van der Waals surface area contributed by atoms with Gasteiger partial charge in [0.05, 0.1) is 6.54 Å². The molecule has 20 heavy (non-hydrogen) atoms. The smallest absolute Gasteiger partial charge is 0.314 e. The molecule has 2 amide bonds. The summed E-state index contributed by atoms with van der Waals surface area (Å²) in [6, 6.07) is 5.96. The van der Waals surface area contributed by atoms with Crippen LogP contribution in [0, 0.1) is 13.8 Å². The summed E-state index contributed by atoms with van der Waals surface area (Å²) in [5, 5.41) is 5.61. The van der Waals surface area contributed by atoms with Crippen molar-refractivity contribution in [2.45, 2.75) is 40.0 Å². The molecular weight excluding hydrogens is 252 g/mol. The molecule has 1 rings (SSSR count). The second kappa shape index (κ2) is 9.23. The Kier molecular flexibility index (Phi) is 7.55. The zero-order valence-electron chi connectivity index (χ0n) is 12.8. The fourth-order valence-corrected chi connectivity index (χ4v) is 1.93. The van der Waals surface area contributed by atoms with Gasteiger partial charge in [0, 0.05) is 6.54 Å². The number of benzene rings is 1. The summed E-state index contributed by atoms with van der Waals surface area (Å²) in [4.78, 5) is 11.5. The Balaban J connectivity index is 2.13. The number of ether oxygens (including phenoxy) is 1. The molecule has 1 aromatic carbocycles. The molecule has 0 bridgehead atoms. The first-order chi connectivity index (χ1) is 9.63. The normalized spacial score (nSPS) is 10.2. The van der Waals surface area contributed by atoms with Crippen molar-refractivity contribution in [2.24, 2.45) is 0 Å². The molecule has 0 atom stereocenters. The molecular formula is C16H26N2O2. The quantitative estimate of drug-likeness (QED) is 0.718. The molecule has 0 aliphatic rings. The van der Waals surface area contributed by atoms with Crippen molar-refractivity contribution >= 4 is 6.03 Å². The summed E-state index contributed by atoms with van der Waals surface area (Å²) in [5.41, 5.74) is 2.34. The van der Waals surface area contributed by atoms with Crippen LogP contribution in [-0.4, -0.2) is 25.7 Å². The molecule has 4 heteroatoms. The van der Waals surface area contributed by atoms with Gasteiger partial charge in [-0.1, -0.05) is 37.5 Å². The molecule has 0 aromatic heterocycles. The highest BCUT2D eigenvalue weighted by Crippen LogP contribution is 2.18. The predicted molar refractivity (Wildman–Crippen MR) is 82.3 cm³/mol. The van der Waals surface area contributed by atoms with Gasteiger partial charge in [-0.25, -0.2) is 4.79 Å². The molecule has 0 aliphatic carbocycles. The third kappa shape index (κ3) is 6.45. The topological polar surface area (TPSA) is 50.4 Å². The van der Waals surface area contributed by atoms with Gasteiger partial charge in [0.1, 0.15) is 12.4 Å². The summed E-state index contributed by atoms with van der Waals surface area (Å²) < 4.78 is 5.64. The Morgan fingerprint density at radius 1 is 1.15 bits per heavy atom. The lowest BCUT2D eigenvalue weighted by Gasteiger charge is -2.11. The van der Waals surface area contributed by atoms with Gasteiger partial charge >= 0.3 is 6.03 Å². The van der Waals surface area contributed by atoms with Crippen LogP contribution in [0.4, 0.5) is 4.79 Å². The van der Waals surface area contributed by atoms with Crippen molar-refractivity contribution in [1.29, 1.82) is 0 Å². The molecule has 0 spiro atoms. The Morgan fingerprint density at radius 3 is 2.60 bits per heavy atom. The van der Waals surface area contributed by atoms with Gasteiger partial charge in [0.15, 0.2) is 0 Å². The maximum absolute atomic E-state index is 11.5. The number of carbonyl (C=O) groups excluding carboxylic acids is 1. The van der Waals surface area contributed by atoms with E-state index in [0.29, 0.717) is 13.2 Å². The summed E-state index contributed by atoms with van der Waals surface area (Å²) in [6.45, 7) is 7.94. The number of hydrogen-bond acceptors (Lipinski definition) is 2.